The summed E-state index contributed by atoms with van der Waals surface area (Å²) in [5.74, 6) is 0. The molecule has 0 atom stereocenters. The minimum absolute atomic E-state index is 0.0238. The summed E-state index contributed by atoms with van der Waals surface area (Å²) in [5.41, 5.74) is 0. The number of amides is 1. The van der Waals surface area contributed by atoms with Crippen LogP contribution in [0.1, 0.15) is 13.8 Å². The molecule has 0 radical (unpaired) electrons. The van der Waals surface area contributed by atoms with Crippen LogP contribution < -0.4 is 4.72 Å². The molecule has 16 heavy (non-hydrogen) atoms. The highest BCUT2D eigenvalue weighted by Crippen LogP contribution is 2.07. The summed E-state index contributed by atoms with van der Waals surface area (Å²) < 4.78 is 29.7. The van der Waals surface area contributed by atoms with E-state index < -0.39 is 16.1 Å². The second kappa shape index (κ2) is 4.98. The van der Waals surface area contributed by atoms with Crippen LogP contribution >= 0.6 is 0 Å². The predicted octanol–water partition coefficient (Wildman–Crippen LogP) is 1.51. The molecule has 1 aromatic carbocycles. The molecule has 0 unspecified atom stereocenters. The summed E-state index contributed by atoms with van der Waals surface area (Å²) in [5, 5.41) is 0. The fraction of sp³-hybridized carbons (Fsp3) is 0.300. The van der Waals surface area contributed by atoms with Gasteiger partial charge in [-0.15, -0.1) is 0 Å². The molecular formula is C10H13NO4S. The minimum atomic E-state index is -3.83. The maximum atomic E-state index is 11.6. The fourth-order valence-electron chi connectivity index (χ4n) is 1.01. The van der Waals surface area contributed by atoms with Gasteiger partial charge in [0.05, 0.1) is 11.0 Å². The van der Waals surface area contributed by atoms with Gasteiger partial charge in [0.1, 0.15) is 0 Å². The van der Waals surface area contributed by atoms with E-state index in [0.29, 0.717) is 0 Å². The molecule has 1 N–H and O–H groups in total. The molecule has 88 valence electrons. The van der Waals surface area contributed by atoms with Crippen LogP contribution in [0, 0.1) is 0 Å². The van der Waals surface area contributed by atoms with Gasteiger partial charge in [-0.2, -0.15) is 0 Å². The molecule has 0 bridgehead atoms. The lowest BCUT2D eigenvalue weighted by atomic mass is 10.4. The van der Waals surface area contributed by atoms with Gasteiger partial charge in [-0.3, -0.25) is 0 Å². The number of carbonyl (C=O) groups excluding carboxylic acids is 1. The van der Waals surface area contributed by atoms with Gasteiger partial charge in [-0.1, -0.05) is 18.2 Å². The minimum Gasteiger partial charge on any atom is -0.446 e. The lowest BCUT2D eigenvalue weighted by molar-refractivity contribution is 0.121. The third kappa shape index (κ3) is 3.54. The van der Waals surface area contributed by atoms with E-state index in [9.17, 15) is 13.2 Å². The van der Waals surface area contributed by atoms with Gasteiger partial charge in [-0.25, -0.2) is 17.9 Å². The summed E-state index contributed by atoms with van der Waals surface area (Å²) in [6.45, 7) is 3.27. The Morgan fingerprint density at radius 1 is 1.25 bits per heavy atom. The van der Waals surface area contributed by atoms with Crippen molar-refractivity contribution < 1.29 is 17.9 Å². The average Bonchev–Trinajstić information content (AvgIpc) is 2.16. The molecule has 5 nitrogen and oxygen atoms in total. The highest BCUT2D eigenvalue weighted by atomic mass is 32.2. The summed E-state index contributed by atoms with van der Waals surface area (Å²) in [7, 11) is -3.83. The summed E-state index contributed by atoms with van der Waals surface area (Å²) in [4.78, 5) is 11.2. The van der Waals surface area contributed by atoms with Crippen LogP contribution in [0.3, 0.4) is 0 Å². The Morgan fingerprint density at radius 2 is 1.81 bits per heavy atom. The predicted molar refractivity (Wildman–Crippen MR) is 58.4 cm³/mol. The number of hydrogen-bond donors (Lipinski definition) is 1. The first-order valence-corrected chi connectivity index (χ1v) is 6.18. The molecule has 0 fully saturated rings. The number of benzene rings is 1. The normalized spacial score (nSPS) is 11.2. The first-order chi connectivity index (χ1) is 7.42. The van der Waals surface area contributed by atoms with Crippen molar-refractivity contribution >= 4 is 16.1 Å². The van der Waals surface area contributed by atoms with Crippen molar-refractivity contribution in [2.75, 3.05) is 0 Å². The molecule has 6 heteroatoms. The molecule has 0 saturated carbocycles. The molecule has 1 rings (SSSR count). The topological polar surface area (TPSA) is 72.5 Å². The lowest BCUT2D eigenvalue weighted by Crippen LogP contribution is -2.32. The molecule has 0 aliphatic rings. The number of nitrogens with one attached hydrogen (secondary N) is 1. The molecule has 0 aliphatic carbocycles. The van der Waals surface area contributed by atoms with Crippen LogP contribution in [0.25, 0.3) is 0 Å². The van der Waals surface area contributed by atoms with Gasteiger partial charge < -0.3 is 4.74 Å². The third-order valence-electron chi connectivity index (χ3n) is 1.61. The standard InChI is InChI=1S/C10H13NO4S/c1-8(2)15-10(12)11-16(13,14)9-6-4-3-5-7-9/h3-8H,1-2H3,(H,11,12). The second-order valence-corrected chi connectivity index (χ2v) is 5.06. The van der Waals surface area contributed by atoms with Crippen LogP contribution in [0.4, 0.5) is 4.79 Å². The van der Waals surface area contributed by atoms with Crippen molar-refractivity contribution in [1.29, 1.82) is 0 Å². The SMILES string of the molecule is CC(C)OC(=O)NS(=O)(=O)c1ccccc1. The van der Waals surface area contributed by atoms with Crippen LogP contribution in [0.5, 0.6) is 0 Å². The van der Waals surface area contributed by atoms with Crippen molar-refractivity contribution in [2.24, 2.45) is 0 Å². The zero-order valence-corrected chi connectivity index (χ0v) is 9.82. The maximum absolute atomic E-state index is 11.6. The van der Waals surface area contributed by atoms with E-state index in [1.54, 1.807) is 32.0 Å². The van der Waals surface area contributed by atoms with Crippen LogP contribution in [-0.2, 0) is 14.8 Å². The smallest absolute Gasteiger partial charge is 0.421 e. The maximum Gasteiger partial charge on any atom is 0.421 e. The van der Waals surface area contributed by atoms with Crippen molar-refractivity contribution in [3.63, 3.8) is 0 Å². The molecule has 0 saturated heterocycles. The number of sulfonamides is 1. The highest BCUT2D eigenvalue weighted by Gasteiger charge is 2.18. The largest absolute Gasteiger partial charge is 0.446 e. The molecule has 0 aliphatic heterocycles. The Balaban J connectivity index is 2.78. The van der Waals surface area contributed by atoms with E-state index in [2.05, 4.69) is 4.74 Å². The first-order valence-electron chi connectivity index (χ1n) is 4.70. The quantitative estimate of drug-likeness (QED) is 0.873. The molecule has 1 amide bonds. The van der Waals surface area contributed by atoms with Gasteiger partial charge >= 0.3 is 6.09 Å². The van der Waals surface area contributed by atoms with Crippen molar-refractivity contribution in [3.8, 4) is 0 Å². The molecule has 0 aromatic heterocycles. The second-order valence-electron chi connectivity index (χ2n) is 3.37. The molecule has 0 spiro atoms. The molecular weight excluding hydrogens is 230 g/mol. The van der Waals surface area contributed by atoms with E-state index in [1.807, 2.05) is 4.72 Å². The van der Waals surface area contributed by atoms with Gasteiger partial charge in [-0.05, 0) is 26.0 Å². The Bertz CT molecular complexity index is 453. The number of hydrogen-bond acceptors (Lipinski definition) is 4. The highest BCUT2D eigenvalue weighted by molar-refractivity contribution is 7.90. The lowest BCUT2D eigenvalue weighted by Gasteiger charge is -2.09. The van der Waals surface area contributed by atoms with Crippen LogP contribution in [0.15, 0.2) is 35.2 Å². The Morgan fingerprint density at radius 3 is 2.31 bits per heavy atom. The monoisotopic (exact) mass is 243 g/mol. The van der Waals surface area contributed by atoms with Crippen LogP contribution in [-0.4, -0.2) is 20.6 Å². The summed E-state index contributed by atoms with van der Waals surface area (Å²) in [6.07, 6.45) is -1.34. The number of carbonyl (C=O) groups is 1. The fourth-order valence-corrected chi connectivity index (χ4v) is 1.91. The zero-order chi connectivity index (χ0) is 12.2. The van der Waals surface area contributed by atoms with E-state index in [1.165, 1.54) is 12.1 Å². The first kappa shape index (κ1) is 12.5. The third-order valence-corrected chi connectivity index (χ3v) is 2.94. The van der Waals surface area contributed by atoms with Crippen molar-refractivity contribution in [3.05, 3.63) is 30.3 Å². The molecule has 1 aromatic rings. The molecule has 0 heterocycles. The summed E-state index contributed by atoms with van der Waals surface area (Å²) >= 11 is 0. The average molecular weight is 243 g/mol. The number of ether oxygens (including phenoxy) is 1. The van der Waals surface area contributed by atoms with Gasteiger partial charge in [0.15, 0.2) is 0 Å². The van der Waals surface area contributed by atoms with E-state index in [-0.39, 0.29) is 11.0 Å². The van der Waals surface area contributed by atoms with Gasteiger partial charge in [0.2, 0.25) is 0 Å². The zero-order valence-electron chi connectivity index (χ0n) is 9.01. The van der Waals surface area contributed by atoms with E-state index in [0.717, 1.165) is 0 Å². The van der Waals surface area contributed by atoms with Crippen LogP contribution in [0.2, 0.25) is 0 Å². The van der Waals surface area contributed by atoms with E-state index >= 15 is 0 Å². The van der Waals surface area contributed by atoms with Gasteiger partial charge in [0, 0.05) is 0 Å². The number of rotatable bonds is 3. The van der Waals surface area contributed by atoms with Crippen molar-refractivity contribution in [1.82, 2.24) is 4.72 Å². The van der Waals surface area contributed by atoms with E-state index in [4.69, 9.17) is 0 Å². The van der Waals surface area contributed by atoms with Gasteiger partial charge in [0.25, 0.3) is 10.0 Å². The Labute approximate surface area is 94.5 Å². The Kier molecular flexibility index (Phi) is 3.89. The summed E-state index contributed by atoms with van der Waals surface area (Å²) in [6, 6.07) is 7.62. The Hall–Kier alpha value is -1.56. The van der Waals surface area contributed by atoms with Crippen molar-refractivity contribution in [2.45, 2.75) is 24.8 Å².